The van der Waals surface area contributed by atoms with Gasteiger partial charge in [-0.15, -0.1) is 0 Å². The number of rotatable bonds is 2. The molecule has 0 bridgehead atoms. The first kappa shape index (κ1) is 35.4. The fraction of sp³-hybridized carbons (Fsp3) is 0.0323. The molecule has 2 nitrogen and oxygen atoms in total. The van der Waals surface area contributed by atoms with Crippen LogP contribution in [0.4, 0.5) is 34.1 Å². The normalized spacial score (nSPS) is 14.8. The largest absolute Gasteiger partial charge is 0.310 e. The molecule has 10 aromatic carbocycles. The predicted octanol–water partition coefficient (Wildman–Crippen LogP) is 15.6. The van der Waals surface area contributed by atoms with Gasteiger partial charge in [0.2, 0.25) is 0 Å². The van der Waals surface area contributed by atoms with Gasteiger partial charge in [0.25, 0.3) is 0 Å². The Labute approximate surface area is 373 Å². The van der Waals surface area contributed by atoms with Crippen molar-refractivity contribution < 1.29 is 0 Å². The highest BCUT2D eigenvalue weighted by molar-refractivity contribution is 6.04. The molecular weight excluding hydrogens is 773 g/mol. The lowest BCUT2D eigenvalue weighted by molar-refractivity contribution is 0.718. The van der Waals surface area contributed by atoms with Gasteiger partial charge >= 0.3 is 0 Å². The Balaban J connectivity index is 1.08. The number of fused-ring (bicyclic) bond motifs is 20. The summed E-state index contributed by atoms with van der Waals surface area (Å²) < 4.78 is 0. The van der Waals surface area contributed by atoms with Gasteiger partial charge < -0.3 is 9.80 Å². The van der Waals surface area contributed by atoms with E-state index in [9.17, 15) is 0 Å². The minimum Gasteiger partial charge on any atom is -0.310 e. The second kappa shape index (κ2) is 13.2. The standard InChI is InChI=1S/C62H40N2/c1-2-21-41(22-3-1)63-55-36-16-12-31-50(55)62(51-32-13-17-37-56(51)63)52-33-14-18-38-57(52)64(58-39-19-15-34-53(58)62)59-40-20-35-54-60(59)46-27-8-11-30-49(46)61(54)47-28-9-6-25-44(47)42-23-4-5-24-43(42)45-26-7-10-29-48(45)61/h1-40H. The summed E-state index contributed by atoms with van der Waals surface area (Å²) in [6.45, 7) is 0. The number of anilines is 6. The van der Waals surface area contributed by atoms with Crippen molar-refractivity contribution in [1.82, 2.24) is 0 Å². The Morgan fingerprint density at radius 1 is 0.203 bits per heavy atom. The fourth-order valence-corrected chi connectivity index (χ4v) is 12.5. The van der Waals surface area contributed by atoms with Crippen LogP contribution in [0.2, 0.25) is 0 Å². The summed E-state index contributed by atoms with van der Waals surface area (Å²) in [6, 6.07) is 91.0. The molecule has 0 amide bonds. The van der Waals surface area contributed by atoms with Crippen molar-refractivity contribution >= 4 is 34.1 Å². The van der Waals surface area contributed by atoms with Gasteiger partial charge in [-0.3, -0.25) is 0 Å². The Morgan fingerprint density at radius 2 is 0.516 bits per heavy atom. The van der Waals surface area contributed by atoms with Crippen LogP contribution in [0.5, 0.6) is 0 Å². The molecule has 2 aliphatic carbocycles. The molecule has 2 heteroatoms. The summed E-state index contributed by atoms with van der Waals surface area (Å²) in [7, 11) is 0. The molecule has 0 unspecified atom stereocenters. The highest BCUT2D eigenvalue weighted by Crippen LogP contribution is 2.67. The van der Waals surface area contributed by atoms with Crippen molar-refractivity contribution in [3.05, 3.63) is 287 Å². The maximum Gasteiger partial charge on any atom is 0.0782 e. The molecule has 2 heterocycles. The predicted molar refractivity (Wildman–Crippen MR) is 263 cm³/mol. The number of benzene rings is 10. The average molecular weight is 813 g/mol. The van der Waals surface area contributed by atoms with E-state index >= 15 is 0 Å². The monoisotopic (exact) mass is 812 g/mol. The van der Waals surface area contributed by atoms with Crippen molar-refractivity contribution in [2.45, 2.75) is 10.8 Å². The van der Waals surface area contributed by atoms with Crippen LogP contribution in [0.15, 0.2) is 243 Å². The van der Waals surface area contributed by atoms with Gasteiger partial charge in [0.05, 0.1) is 39.3 Å². The van der Waals surface area contributed by atoms with E-state index in [1.807, 2.05) is 0 Å². The highest BCUT2D eigenvalue weighted by Gasteiger charge is 2.54. The Bertz CT molecular complexity index is 3380. The third kappa shape index (κ3) is 4.34. The molecule has 0 atom stereocenters. The molecule has 2 spiro atoms. The van der Waals surface area contributed by atoms with Crippen LogP contribution in [0, 0.1) is 0 Å². The van der Waals surface area contributed by atoms with Gasteiger partial charge in [-0.05, 0) is 115 Å². The molecule has 4 aliphatic rings. The van der Waals surface area contributed by atoms with Crippen molar-refractivity contribution in [1.29, 1.82) is 0 Å². The average Bonchev–Trinajstić information content (AvgIpc) is 3.62. The Kier molecular flexibility index (Phi) is 7.28. The summed E-state index contributed by atoms with van der Waals surface area (Å²) in [5, 5.41) is 0. The van der Waals surface area contributed by atoms with E-state index in [2.05, 4.69) is 252 Å². The fourth-order valence-electron chi connectivity index (χ4n) is 12.5. The van der Waals surface area contributed by atoms with E-state index in [1.54, 1.807) is 0 Å². The zero-order valence-electron chi connectivity index (χ0n) is 35.0. The summed E-state index contributed by atoms with van der Waals surface area (Å²) in [6.07, 6.45) is 0. The molecule has 298 valence electrons. The van der Waals surface area contributed by atoms with E-state index in [0.29, 0.717) is 0 Å². The van der Waals surface area contributed by atoms with Crippen LogP contribution in [0.1, 0.15) is 44.5 Å². The van der Waals surface area contributed by atoms with Crippen LogP contribution >= 0.6 is 0 Å². The van der Waals surface area contributed by atoms with Crippen LogP contribution in [0.3, 0.4) is 0 Å². The number of hydrogen-bond donors (Lipinski definition) is 0. The third-order valence-electron chi connectivity index (χ3n) is 14.7. The first-order chi connectivity index (χ1) is 31.8. The van der Waals surface area contributed by atoms with Crippen LogP contribution < -0.4 is 9.80 Å². The second-order valence-corrected chi connectivity index (χ2v) is 17.5. The molecule has 0 saturated heterocycles. The Hall–Kier alpha value is -8.20. The minimum absolute atomic E-state index is 0.577. The number of hydrogen-bond acceptors (Lipinski definition) is 2. The topological polar surface area (TPSA) is 6.48 Å². The Morgan fingerprint density at radius 3 is 1.00 bits per heavy atom. The van der Waals surface area contributed by atoms with Gasteiger partial charge in [0.15, 0.2) is 0 Å². The molecule has 0 saturated carbocycles. The van der Waals surface area contributed by atoms with Crippen molar-refractivity contribution in [2.24, 2.45) is 0 Å². The molecule has 64 heavy (non-hydrogen) atoms. The van der Waals surface area contributed by atoms with Gasteiger partial charge in [0, 0.05) is 11.3 Å². The first-order valence-corrected chi connectivity index (χ1v) is 22.4. The quantitative estimate of drug-likeness (QED) is 0.172. The van der Waals surface area contributed by atoms with E-state index in [4.69, 9.17) is 0 Å². The van der Waals surface area contributed by atoms with E-state index < -0.39 is 10.8 Å². The summed E-state index contributed by atoms with van der Waals surface area (Å²) in [4.78, 5) is 5.04. The maximum atomic E-state index is 2.59. The molecule has 14 rings (SSSR count). The molecule has 2 aliphatic heterocycles. The van der Waals surface area contributed by atoms with E-state index in [-0.39, 0.29) is 0 Å². The highest BCUT2D eigenvalue weighted by atomic mass is 15.2. The SMILES string of the molecule is c1ccc(N2c3ccccc3C3(c4ccccc42)c2ccccc2N(c2cccc4c2-c2ccccc2C42c4ccccc4-c4ccccc4-c4ccccc42)c2ccccc23)cc1. The zero-order chi connectivity index (χ0) is 42.0. The lowest BCUT2D eigenvalue weighted by Crippen LogP contribution is -2.42. The smallest absolute Gasteiger partial charge is 0.0782 e. The molecule has 0 fully saturated rings. The van der Waals surface area contributed by atoms with Crippen LogP contribution in [-0.2, 0) is 10.8 Å². The molecular formula is C62H40N2. The van der Waals surface area contributed by atoms with Crippen molar-refractivity contribution in [3.8, 4) is 33.4 Å². The van der Waals surface area contributed by atoms with Crippen molar-refractivity contribution in [2.75, 3.05) is 9.80 Å². The molecule has 0 N–H and O–H groups in total. The summed E-state index contributed by atoms with van der Waals surface area (Å²) in [5.74, 6) is 0. The van der Waals surface area contributed by atoms with Gasteiger partial charge in [-0.1, -0.05) is 200 Å². The molecule has 0 radical (unpaired) electrons. The van der Waals surface area contributed by atoms with Gasteiger partial charge in [0.1, 0.15) is 0 Å². The summed E-state index contributed by atoms with van der Waals surface area (Å²) >= 11 is 0. The molecule has 0 aromatic heterocycles. The number of nitrogens with zero attached hydrogens (tertiary/aromatic N) is 2. The van der Waals surface area contributed by atoms with Crippen molar-refractivity contribution in [3.63, 3.8) is 0 Å². The van der Waals surface area contributed by atoms with Crippen LogP contribution in [-0.4, -0.2) is 0 Å². The minimum atomic E-state index is -0.607. The van der Waals surface area contributed by atoms with Crippen LogP contribution in [0.25, 0.3) is 33.4 Å². The van der Waals surface area contributed by atoms with E-state index in [0.717, 1.165) is 5.69 Å². The maximum absolute atomic E-state index is 2.59. The third-order valence-corrected chi connectivity index (χ3v) is 14.7. The summed E-state index contributed by atoms with van der Waals surface area (Å²) in [5.41, 5.74) is 23.8. The second-order valence-electron chi connectivity index (χ2n) is 17.5. The lowest BCUT2D eigenvalue weighted by Gasteiger charge is -2.51. The molecule has 10 aromatic rings. The van der Waals surface area contributed by atoms with Gasteiger partial charge in [-0.25, -0.2) is 0 Å². The van der Waals surface area contributed by atoms with E-state index in [1.165, 1.54) is 106 Å². The number of para-hydroxylation sites is 5. The van der Waals surface area contributed by atoms with Gasteiger partial charge in [-0.2, -0.15) is 0 Å². The first-order valence-electron chi connectivity index (χ1n) is 22.4. The zero-order valence-corrected chi connectivity index (χ0v) is 35.0. The lowest BCUT2D eigenvalue weighted by atomic mass is 9.60.